The summed E-state index contributed by atoms with van der Waals surface area (Å²) < 4.78 is 5.18. The highest BCUT2D eigenvalue weighted by Gasteiger charge is 2.23. The molecule has 1 saturated heterocycles. The van der Waals surface area contributed by atoms with Gasteiger partial charge < -0.3 is 4.74 Å². The summed E-state index contributed by atoms with van der Waals surface area (Å²) in [5, 5.41) is 0. The van der Waals surface area contributed by atoms with Crippen LogP contribution in [0.1, 0.15) is 15.3 Å². The fourth-order valence-electron chi connectivity index (χ4n) is 1.32. The Bertz CT molecular complexity index is 261. The molecule has 60 valence electrons. The summed E-state index contributed by atoms with van der Waals surface area (Å²) in [5.74, 6) is 0. The molecule has 0 aromatic carbocycles. The van der Waals surface area contributed by atoms with Crippen molar-refractivity contribution >= 4 is 11.3 Å². The molecule has 1 aromatic rings. The minimum atomic E-state index is 0.530. The highest BCUT2D eigenvalue weighted by Crippen LogP contribution is 2.25. The van der Waals surface area contributed by atoms with Gasteiger partial charge in [0, 0.05) is 16.2 Å². The van der Waals surface area contributed by atoms with Gasteiger partial charge in [-0.3, -0.25) is 0 Å². The summed E-state index contributed by atoms with van der Waals surface area (Å²) >= 11 is 1.88. The lowest BCUT2D eigenvalue weighted by molar-refractivity contribution is 0.407. The molecule has 1 aliphatic rings. The molecular formula is C9H12OS. The number of ether oxygens (including phenoxy) is 1. The van der Waals surface area contributed by atoms with Crippen LogP contribution in [0.25, 0.3) is 0 Å². The summed E-state index contributed by atoms with van der Waals surface area (Å²) in [7, 11) is 0. The van der Waals surface area contributed by atoms with Crippen molar-refractivity contribution in [3.05, 3.63) is 21.4 Å². The Kier molecular flexibility index (Phi) is 1.74. The van der Waals surface area contributed by atoms with Crippen LogP contribution in [0.5, 0.6) is 0 Å². The number of aryl methyl sites for hydroxylation is 2. The lowest BCUT2D eigenvalue weighted by Crippen LogP contribution is -1.91. The van der Waals surface area contributed by atoms with Gasteiger partial charge in [0.25, 0.3) is 0 Å². The van der Waals surface area contributed by atoms with Crippen LogP contribution in [0.4, 0.5) is 0 Å². The monoisotopic (exact) mass is 168 g/mol. The summed E-state index contributed by atoms with van der Waals surface area (Å²) in [5.41, 5.74) is 1.48. The molecule has 1 aromatic heterocycles. The van der Waals surface area contributed by atoms with Crippen LogP contribution in [0, 0.1) is 13.8 Å². The SMILES string of the molecule is Cc1cc(CC2CO2)c(C)s1. The van der Waals surface area contributed by atoms with Gasteiger partial charge in [0.1, 0.15) is 0 Å². The lowest BCUT2D eigenvalue weighted by Gasteiger charge is -1.92. The summed E-state index contributed by atoms with van der Waals surface area (Å²) in [4.78, 5) is 2.87. The molecule has 2 rings (SSSR count). The molecule has 2 heteroatoms. The van der Waals surface area contributed by atoms with Crippen molar-refractivity contribution in [2.75, 3.05) is 6.61 Å². The third kappa shape index (κ3) is 1.63. The van der Waals surface area contributed by atoms with E-state index in [1.165, 1.54) is 15.3 Å². The second-order valence-electron chi connectivity index (χ2n) is 3.10. The molecule has 0 bridgehead atoms. The first-order chi connectivity index (χ1) is 5.25. The standard InChI is InChI=1S/C9H12OS/c1-6-3-8(7(2)11-6)4-9-5-10-9/h3,9H,4-5H2,1-2H3. The van der Waals surface area contributed by atoms with E-state index in [0.717, 1.165) is 13.0 Å². The highest BCUT2D eigenvalue weighted by atomic mass is 32.1. The molecule has 0 radical (unpaired) electrons. The number of thiophene rings is 1. The Balaban J connectivity index is 2.14. The molecule has 1 aliphatic heterocycles. The number of hydrogen-bond donors (Lipinski definition) is 0. The zero-order valence-electron chi connectivity index (χ0n) is 6.89. The van der Waals surface area contributed by atoms with E-state index in [1.54, 1.807) is 0 Å². The van der Waals surface area contributed by atoms with Crippen molar-refractivity contribution in [3.63, 3.8) is 0 Å². The van der Waals surface area contributed by atoms with Gasteiger partial charge in [0.15, 0.2) is 0 Å². The molecule has 0 saturated carbocycles. The minimum absolute atomic E-state index is 0.530. The molecule has 11 heavy (non-hydrogen) atoms. The van der Waals surface area contributed by atoms with E-state index in [1.807, 2.05) is 11.3 Å². The third-order valence-electron chi connectivity index (χ3n) is 1.99. The van der Waals surface area contributed by atoms with Crippen LogP contribution in [0.3, 0.4) is 0 Å². The van der Waals surface area contributed by atoms with E-state index in [9.17, 15) is 0 Å². The van der Waals surface area contributed by atoms with Gasteiger partial charge in [-0.1, -0.05) is 0 Å². The fraction of sp³-hybridized carbons (Fsp3) is 0.556. The van der Waals surface area contributed by atoms with E-state index in [0.29, 0.717) is 6.10 Å². The van der Waals surface area contributed by atoms with Gasteiger partial charge in [0.2, 0.25) is 0 Å². The normalized spacial score (nSPS) is 22.2. The number of epoxide rings is 1. The Morgan fingerprint density at radius 1 is 1.64 bits per heavy atom. The van der Waals surface area contributed by atoms with Crippen molar-refractivity contribution in [2.24, 2.45) is 0 Å². The predicted molar refractivity (Wildman–Crippen MR) is 47.2 cm³/mol. The van der Waals surface area contributed by atoms with Gasteiger partial charge >= 0.3 is 0 Å². The van der Waals surface area contributed by atoms with Crippen LogP contribution in [0.2, 0.25) is 0 Å². The first-order valence-electron chi connectivity index (χ1n) is 3.93. The Labute approximate surface area is 71.0 Å². The van der Waals surface area contributed by atoms with Crippen molar-refractivity contribution in [3.8, 4) is 0 Å². The average Bonchev–Trinajstić information content (AvgIpc) is 2.64. The van der Waals surface area contributed by atoms with Crippen LogP contribution >= 0.6 is 11.3 Å². The van der Waals surface area contributed by atoms with E-state index in [2.05, 4.69) is 19.9 Å². The number of rotatable bonds is 2. The average molecular weight is 168 g/mol. The smallest absolute Gasteiger partial charge is 0.0850 e. The van der Waals surface area contributed by atoms with Crippen molar-refractivity contribution < 1.29 is 4.74 Å². The van der Waals surface area contributed by atoms with Crippen LogP contribution in [0.15, 0.2) is 6.07 Å². The van der Waals surface area contributed by atoms with Crippen LogP contribution < -0.4 is 0 Å². The Morgan fingerprint density at radius 2 is 2.36 bits per heavy atom. The molecule has 0 N–H and O–H groups in total. The molecule has 1 nitrogen and oxygen atoms in total. The van der Waals surface area contributed by atoms with E-state index < -0.39 is 0 Å². The maximum absolute atomic E-state index is 5.18. The molecule has 1 fully saturated rings. The lowest BCUT2D eigenvalue weighted by atomic mass is 10.1. The van der Waals surface area contributed by atoms with Gasteiger partial charge in [0.05, 0.1) is 12.7 Å². The quantitative estimate of drug-likeness (QED) is 0.617. The summed E-state index contributed by atoms with van der Waals surface area (Å²) in [6.07, 6.45) is 1.65. The predicted octanol–water partition coefficient (Wildman–Crippen LogP) is 2.31. The summed E-state index contributed by atoms with van der Waals surface area (Å²) in [6.45, 7) is 5.32. The molecule has 1 unspecified atom stereocenters. The van der Waals surface area contributed by atoms with Gasteiger partial charge in [-0.2, -0.15) is 0 Å². The Morgan fingerprint density at radius 3 is 2.82 bits per heavy atom. The summed E-state index contributed by atoms with van der Waals surface area (Å²) in [6, 6.07) is 2.28. The second-order valence-corrected chi connectivity index (χ2v) is 4.56. The van der Waals surface area contributed by atoms with E-state index in [-0.39, 0.29) is 0 Å². The van der Waals surface area contributed by atoms with Crippen LogP contribution in [-0.2, 0) is 11.2 Å². The van der Waals surface area contributed by atoms with Crippen molar-refractivity contribution in [1.82, 2.24) is 0 Å². The Hall–Kier alpha value is -0.340. The molecular weight excluding hydrogens is 156 g/mol. The largest absolute Gasteiger partial charge is 0.373 e. The van der Waals surface area contributed by atoms with Gasteiger partial charge in [-0.15, -0.1) is 11.3 Å². The highest BCUT2D eigenvalue weighted by molar-refractivity contribution is 7.12. The molecule has 1 atom stereocenters. The minimum Gasteiger partial charge on any atom is -0.373 e. The first kappa shape index (κ1) is 7.32. The molecule has 0 aliphatic carbocycles. The zero-order valence-corrected chi connectivity index (χ0v) is 7.70. The second kappa shape index (κ2) is 2.61. The van der Waals surface area contributed by atoms with Crippen molar-refractivity contribution in [2.45, 2.75) is 26.4 Å². The first-order valence-corrected chi connectivity index (χ1v) is 4.75. The van der Waals surface area contributed by atoms with E-state index in [4.69, 9.17) is 4.74 Å². The molecule has 0 spiro atoms. The van der Waals surface area contributed by atoms with Gasteiger partial charge in [-0.05, 0) is 25.5 Å². The molecule has 0 amide bonds. The zero-order chi connectivity index (χ0) is 7.84. The number of hydrogen-bond acceptors (Lipinski definition) is 2. The van der Waals surface area contributed by atoms with E-state index >= 15 is 0 Å². The van der Waals surface area contributed by atoms with Gasteiger partial charge in [-0.25, -0.2) is 0 Å². The van der Waals surface area contributed by atoms with Crippen LogP contribution in [-0.4, -0.2) is 12.7 Å². The maximum atomic E-state index is 5.18. The topological polar surface area (TPSA) is 12.5 Å². The molecule has 2 heterocycles. The fourth-order valence-corrected chi connectivity index (χ4v) is 2.27. The maximum Gasteiger partial charge on any atom is 0.0850 e. The van der Waals surface area contributed by atoms with Crippen molar-refractivity contribution in [1.29, 1.82) is 0 Å². The third-order valence-corrected chi connectivity index (χ3v) is 3.00.